The van der Waals surface area contributed by atoms with E-state index in [1.54, 1.807) is 11.3 Å². The summed E-state index contributed by atoms with van der Waals surface area (Å²) >= 11 is 1.61. The topological polar surface area (TPSA) is 76.2 Å². The van der Waals surface area contributed by atoms with Gasteiger partial charge in [0.1, 0.15) is 0 Å². The average molecular weight is 254 g/mol. The van der Waals surface area contributed by atoms with E-state index in [1.165, 1.54) is 31.4 Å². The Morgan fingerprint density at radius 3 is 2.94 bits per heavy atom. The summed E-state index contributed by atoms with van der Waals surface area (Å²) in [6.07, 6.45) is 5.67. The first kappa shape index (κ1) is 12.5. The van der Waals surface area contributed by atoms with Crippen LogP contribution in [0.5, 0.6) is 0 Å². The second-order valence-corrected chi connectivity index (χ2v) is 5.65. The first-order valence-corrected chi connectivity index (χ1v) is 6.95. The Balaban J connectivity index is 1.91. The fourth-order valence-electron chi connectivity index (χ4n) is 2.35. The molecular weight excluding hydrogens is 236 g/mol. The number of nitrogens with two attached hydrogens (primary N) is 1. The first-order valence-electron chi connectivity index (χ1n) is 6.07. The molecule has 0 amide bonds. The molecule has 1 saturated carbocycles. The van der Waals surface area contributed by atoms with E-state index >= 15 is 0 Å². The Labute approximate surface area is 105 Å². The minimum atomic E-state index is -0.843. The molecule has 0 aliphatic heterocycles. The summed E-state index contributed by atoms with van der Waals surface area (Å²) in [6.45, 7) is 0. The largest absolute Gasteiger partial charge is 0.481 e. The summed E-state index contributed by atoms with van der Waals surface area (Å²) in [6, 6.07) is -0.324. The molecule has 0 saturated heterocycles. The Morgan fingerprint density at radius 2 is 2.29 bits per heavy atom. The van der Waals surface area contributed by atoms with Crippen molar-refractivity contribution in [3.63, 3.8) is 0 Å². The minimum absolute atomic E-state index is 0.0122. The van der Waals surface area contributed by atoms with Crippen molar-refractivity contribution in [3.8, 4) is 0 Å². The molecule has 1 aliphatic rings. The van der Waals surface area contributed by atoms with Gasteiger partial charge in [-0.2, -0.15) is 0 Å². The third-order valence-corrected chi connectivity index (χ3v) is 4.11. The summed E-state index contributed by atoms with van der Waals surface area (Å²) in [4.78, 5) is 15.1. The van der Waals surface area contributed by atoms with Gasteiger partial charge in [0.15, 0.2) is 0 Å². The molecule has 1 aromatic heterocycles. The SMILES string of the molecule is NC(CC(=O)O)Cc1nc(C2CCCC2)cs1. The number of carboxylic acids is 1. The summed E-state index contributed by atoms with van der Waals surface area (Å²) in [5.74, 6) is -0.222. The van der Waals surface area contributed by atoms with Crippen molar-refractivity contribution >= 4 is 17.3 Å². The third-order valence-electron chi connectivity index (χ3n) is 3.22. The van der Waals surface area contributed by atoms with E-state index in [1.807, 2.05) is 0 Å². The lowest BCUT2D eigenvalue weighted by Crippen LogP contribution is -2.26. The van der Waals surface area contributed by atoms with Gasteiger partial charge in [0.25, 0.3) is 0 Å². The summed E-state index contributed by atoms with van der Waals surface area (Å²) in [7, 11) is 0. The Bertz CT molecular complexity index is 386. The van der Waals surface area contributed by atoms with Crippen LogP contribution < -0.4 is 5.73 Å². The lowest BCUT2D eigenvalue weighted by atomic mass is 10.1. The van der Waals surface area contributed by atoms with Crippen molar-refractivity contribution in [2.75, 3.05) is 0 Å². The number of hydrogen-bond acceptors (Lipinski definition) is 4. The van der Waals surface area contributed by atoms with E-state index in [2.05, 4.69) is 10.4 Å². The van der Waals surface area contributed by atoms with E-state index in [9.17, 15) is 4.79 Å². The van der Waals surface area contributed by atoms with Gasteiger partial charge in [-0.05, 0) is 12.8 Å². The maximum absolute atomic E-state index is 10.5. The van der Waals surface area contributed by atoms with Gasteiger partial charge in [-0.25, -0.2) is 4.98 Å². The maximum Gasteiger partial charge on any atom is 0.304 e. The second-order valence-electron chi connectivity index (χ2n) is 4.71. The highest BCUT2D eigenvalue weighted by atomic mass is 32.1. The number of carboxylic acid groups (broad SMARTS) is 1. The number of rotatable bonds is 5. The van der Waals surface area contributed by atoms with Gasteiger partial charge < -0.3 is 10.8 Å². The van der Waals surface area contributed by atoms with Crippen molar-refractivity contribution < 1.29 is 9.90 Å². The molecule has 0 bridgehead atoms. The summed E-state index contributed by atoms with van der Waals surface area (Å²) in [5.41, 5.74) is 6.94. The highest BCUT2D eigenvalue weighted by Crippen LogP contribution is 2.34. The van der Waals surface area contributed by atoms with Gasteiger partial charge in [-0.1, -0.05) is 12.8 Å². The number of aliphatic carboxylic acids is 1. The van der Waals surface area contributed by atoms with Crippen molar-refractivity contribution in [1.82, 2.24) is 4.98 Å². The predicted molar refractivity (Wildman–Crippen MR) is 67.3 cm³/mol. The van der Waals surface area contributed by atoms with Crippen molar-refractivity contribution in [2.45, 2.75) is 50.5 Å². The molecule has 1 aromatic rings. The number of hydrogen-bond donors (Lipinski definition) is 2. The Kier molecular flexibility index (Phi) is 4.12. The zero-order valence-electron chi connectivity index (χ0n) is 9.76. The van der Waals surface area contributed by atoms with Crippen LogP contribution in [0.15, 0.2) is 5.38 Å². The number of carbonyl (C=O) groups is 1. The van der Waals surface area contributed by atoms with Crippen molar-refractivity contribution in [3.05, 3.63) is 16.1 Å². The van der Waals surface area contributed by atoms with Gasteiger partial charge in [-0.3, -0.25) is 4.79 Å². The molecule has 0 radical (unpaired) electrons. The van der Waals surface area contributed by atoms with Crippen LogP contribution in [0.3, 0.4) is 0 Å². The lowest BCUT2D eigenvalue weighted by molar-refractivity contribution is -0.137. The molecule has 0 aromatic carbocycles. The van der Waals surface area contributed by atoms with Crippen LogP contribution >= 0.6 is 11.3 Å². The predicted octanol–water partition coefficient (Wildman–Crippen LogP) is 2.15. The molecular formula is C12H18N2O2S. The van der Waals surface area contributed by atoms with Gasteiger partial charge in [0.05, 0.1) is 17.1 Å². The molecule has 4 nitrogen and oxygen atoms in total. The van der Waals surface area contributed by atoms with E-state index in [0.717, 1.165) is 5.01 Å². The second kappa shape index (κ2) is 5.60. The lowest BCUT2D eigenvalue weighted by Gasteiger charge is -2.06. The Morgan fingerprint density at radius 1 is 1.59 bits per heavy atom. The monoisotopic (exact) mass is 254 g/mol. The highest BCUT2D eigenvalue weighted by Gasteiger charge is 2.20. The van der Waals surface area contributed by atoms with E-state index < -0.39 is 5.97 Å². The minimum Gasteiger partial charge on any atom is -0.481 e. The van der Waals surface area contributed by atoms with Crippen LogP contribution in [-0.2, 0) is 11.2 Å². The standard InChI is InChI=1S/C12H18N2O2S/c13-9(6-12(15)16)5-11-14-10(7-17-11)8-3-1-2-4-8/h7-9H,1-6,13H2,(H,15,16). The van der Waals surface area contributed by atoms with Crippen LogP contribution in [0.2, 0.25) is 0 Å². The van der Waals surface area contributed by atoms with Gasteiger partial charge in [0.2, 0.25) is 0 Å². The zero-order valence-corrected chi connectivity index (χ0v) is 10.6. The number of thiazole rings is 1. The summed E-state index contributed by atoms with van der Waals surface area (Å²) in [5, 5.41) is 11.7. The van der Waals surface area contributed by atoms with Crippen LogP contribution in [-0.4, -0.2) is 22.1 Å². The first-order chi connectivity index (χ1) is 8.15. The molecule has 3 N–H and O–H groups in total. The molecule has 2 rings (SSSR count). The zero-order chi connectivity index (χ0) is 12.3. The third kappa shape index (κ3) is 3.51. The van der Waals surface area contributed by atoms with Crippen molar-refractivity contribution in [2.24, 2.45) is 5.73 Å². The van der Waals surface area contributed by atoms with Gasteiger partial charge >= 0.3 is 5.97 Å². The molecule has 1 unspecified atom stereocenters. The average Bonchev–Trinajstić information content (AvgIpc) is 2.84. The van der Waals surface area contributed by atoms with Crippen LogP contribution in [0.4, 0.5) is 0 Å². The molecule has 17 heavy (non-hydrogen) atoms. The fraction of sp³-hybridized carbons (Fsp3) is 0.667. The molecule has 1 aliphatic carbocycles. The van der Waals surface area contributed by atoms with Crippen LogP contribution in [0.25, 0.3) is 0 Å². The van der Waals surface area contributed by atoms with Crippen LogP contribution in [0, 0.1) is 0 Å². The quantitative estimate of drug-likeness (QED) is 0.844. The maximum atomic E-state index is 10.5. The van der Waals surface area contributed by atoms with E-state index in [-0.39, 0.29) is 12.5 Å². The van der Waals surface area contributed by atoms with E-state index in [0.29, 0.717) is 12.3 Å². The Hall–Kier alpha value is -0.940. The summed E-state index contributed by atoms with van der Waals surface area (Å²) < 4.78 is 0. The smallest absolute Gasteiger partial charge is 0.304 e. The fourth-order valence-corrected chi connectivity index (χ4v) is 3.32. The molecule has 1 heterocycles. The number of nitrogens with zero attached hydrogens (tertiary/aromatic N) is 1. The van der Waals surface area contributed by atoms with E-state index in [4.69, 9.17) is 10.8 Å². The van der Waals surface area contributed by atoms with Gasteiger partial charge in [-0.15, -0.1) is 11.3 Å². The number of aromatic nitrogens is 1. The highest BCUT2D eigenvalue weighted by molar-refractivity contribution is 7.09. The molecule has 0 spiro atoms. The van der Waals surface area contributed by atoms with Crippen LogP contribution in [0.1, 0.15) is 48.7 Å². The van der Waals surface area contributed by atoms with Gasteiger partial charge in [0, 0.05) is 23.8 Å². The molecule has 1 fully saturated rings. The molecule has 94 valence electrons. The normalized spacial score (nSPS) is 18.4. The van der Waals surface area contributed by atoms with Crippen molar-refractivity contribution in [1.29, 1.82) is 0 Å². The molecule has 1 atom stereocenters. The molecule has 5 heteroatoms.